The first-order valence-corrected chi connectivity index (χ1v) is 20.6. The van der Waals surface area contributed by atoms with Crippen molar-refractivity contribution in [2.24, 2.45) is 5.92 Å². The quantitative estimate of drug-likeness (QED) is 0.116. The van der Waals surface area contributed by atoms with Crippen LogP contribution in [0, 0.1) is 11.7 Å². The molecule has 13 heteroatoms. The first-order valence-electron chi connectivity index (χ1n) is 20.6. The molecule has 1 spiro atoms. The Morgan fingerprint density at radius 2 is 1.59 bits per heavy atom. The van der Waals surface area contributed by atoms with E-state index in [1.54, 1.807) is 37.3 Å². The Hall–Kier alpha value is -5.59. The number of ether oxygens (including phenoxy) is 1. The van der Waals surface area contributed by atoms with Crippen LogP contribution in [0.15, 0.2) is 66.7 Å². The highest BCUT2D eigenvalue weighted by Gasteiger charge is 2.58. The maximum atomic E-state index is 13.9. The largest absolute Gasteiger partial charge is 0.427 e. The second-order valence-electron chi connectivity index (χ2n) is 15.9. The van der Waals surface area contributed by atoms with E-state index in [9.17, 15) is 33.2 Å². The number of nitrogens with one attached hydrogen (secondary N) is 3. The molecule has 3 aromatic carbocycles. The molecule has 0 unspecified atom stereocenters. The van der Waals surface area contributed by atoms with Crippen LogP contribution in [0.3, 0.4) is 0 Å². The predicted molar refractivity (Wildman–Crippen MR) is 217 cm³/mol. The summed E-state index contributed by atoms with van der Waals surface area (Å²) in [7, 11) is 0. The van der Waals surface area contributed by atoms with Crippen LogP contribution in [-0.4, -0.2) is 64.6 Å². The highest BCUT2D eigenvalue weighted by Crippen LogP contribution is 2.46. The fraction of sp³-hybridized carbons (Fsp3) is 0.467. The van der Waals surface area contributed by atoms with Gasteiger partial charge in [0, 0.05) is 62.3 Å². The molecule has 12 nitrogen and oxygen atoms in total. The van der Waals surface area contributed by atoms with Gasteiger partial charge in [-0.25, -0.2) is 14.1 Å². The molecule has 2 fully saturated rings. The lowest BCUT2D eigenvalue weighted by Crippen LogP contribution is -2.50. The third-order valence-electron chi connectivity index (χ3n) is 11.6. The second-order valence-corrected chi connectivity index (χ2v) is 15.9. The molecule has 6 rings (SSSR count). The van der Waals surface area contributed by atoms with E-state index in [4.69, 9.17) is 4.74 Å². The number of benzene rings is 3. The van der Waals surface area contributed by atoms with Crippen LogP contribution in [0.2, 0.25) is 0 Å². The Bertz CT molecular complexity index is 1980. The Morgan fingerprint density at radius 3 is 2.31 bits per heavy atom. The number of hydrogen-bond acceptors (Lipinski definition) is 7. The molecule has 0 aromatic heterocycles. The molecule has 1 saturated heterocycles. The summed E-state index contributed by atoms with van der Waals surface area (Å²) in [4.78, 5) is 80.3. The number of aryl methyl sites for hydroxylation is 2. The van der Waals surface area contributed by atoms with Gasteiger partial charge < -0.3 is 25.6 Å². The minimum Gasteiger partial charge on any atom is -0.427 e. The summed E-state index contributed by atoms with van der Waals surface area (Å²) in [6.45, 7) is 2.68. The molecule has 0 radical (unpaired) electrons. The van der Waals surface area contributed by atoms with E-state index in [1.807, 2.05) is 24.3 Å². The molecule has 2 atom stereocenters. The van der Waals surface area contributed by atoms with Gasteiger partial charge in [0.15, 0.2) is 0 Å². The third-order valence-corrected chi connectivity index (χ3v) is 11.6. The number of carbonyl (C=O) groups excluding carboxylic acids is 6. The number of anilines is 2. The summed E-state index contributed by atoms with van der Waals surface area (Å²) in [6.07, 6.45) is 10.7. The van der Waals surface area contributed by atoms with E-state index in [-0.39, 0.29) is 43.7 Å². The first kappa shape index (κ1) is 42.0. The van der Waals surface area contributed by atoms with E-state index in [0.29, 0.717) is 41.8 Å². The van der Waals surface area contributed by atoms with Gasteiger partial charge in [0.1, 0.15) is 12.4 Å². The lowest BCUT2D eigenvalue weighted by molar-refractivity contribution is -0.143. The van der Waals surface area contributed by atoms with Gasteiger partial charge in [-0.05, 0) is 85.2 Å². The van der Waals surface area contributed by atoms with Crippen molar-refractivity contribution in [1.29, 1.82) is 0 Å². The van der Waals surface area contributed by atoms with Crippen molar-refractivity contribution in [3.05, 3.63) is 94.8 Å². The average Bonchev–Trinajstić information content (AvgIpc) is 3.91. The van der Waals surface area contributed by atoms with E-state index in [0.717, 1.165) is 34.8 Å². The molecular weight excluding hydrogens is 742 g/mol. The molecule has 2 aliphatic carbocycles. The minimum atomic E-state index is -1.56. The molecule has 6 amide bonds. The van der Waals surface area contributed by atoms with Crippen molar-refractivity contribution in [2.75, 3.05) is 23.7 Å². The van der Waals surface area contributed by atoms with E-state index >= 15 is 0 Å². The summed E-state index contributed by atoms with van der Waals surface area (Å²) >= 11 is 0. The fourth-order valence-electron chi connectivity index (χ4n) is 8.33. The van der Waals surface area contributed by atoms with Crippen molar-refractivity contribution in [3.8, 4) is 0 Å². The van der Waals surface area contributed by atoms with E-state index < -0.39 is 41.9 Å². The van der Waals surface area contributed by atoms with Crippen LogP contribution in [0.25, 0.3) is 0 Å². The zero-order chi connectivity index (χ0) is 41.2. The van der Waals surface area contributed by atoms with E-state index in [2.05, 4.69) is 16.0 Å². The third kappa shape index (κ3) is 10.7. The number of rotatable bonds is 18. The van der Waals surface area contributed by atoms with Gasteiger partial charge in [-0.1, -0.05) is 75.3 Å². The van der Waals surface area contributed by atoms with Crippen LogP contribution in [0.4, 0.5) is 20.6 Å². The zero-order valence-corrected chi connectivity index (χ0v) is 33.4. The summed E-state index contributed by atoms with van der Waals surface area (Å²) < 4.78 is 19.5. The highest BCUT2D eigenvalue weighted by atomic mass is 19.1. The van der Waals surface area contributed by atoms with Gasteiger partial charge in [-0.2, -0.15) is 0 Å². The smallest absolute Gasteiger partial charge is 0.418 e. The fourth-order valence-corrected chi connectivity index (χ4v) is 8.33. The lowest BCUT2D eigenvalue weighted by atomic mass is 9.94. The number of carbonyl (C=O) groups is 6. The van der Waals surface area contributed by atoms with Gasteiger partial charge >= 0.3 is 6.09 Å². The van der Waals surface area contributed by atoms with Gasteiger partial charge in [0.25, 0.3) is 5.91 Å². The first-order chi connectivity index (χ1) is 27.9. The molecule has 1 heterocycles. The summed E-state index contributed by atoms with van der Waals surface area (Å²) in [5, 5.41) is 8.57. The molecule has 3 N–H and O–H groups in total. The molecule has 308 valence electrons. The van der Waals surface area contributed by atoms with Crippen molar-refractivity contribution < 1.29 is 37.9 Å². The maximum absolute atomic E-state index is 13.9. The number of hydrogen-bond donors (Lipinski definition) is 3. The summed E-state index contributed by atoms with van der Waals surface area (Å²) in [5.74, 6) is -1.22. The van der Waals surface area contributed by atoms with E-state index in [1.165, 1.54) is 62.5 Å². The number of amides is 6. The lowest BCUT2D eigenvalue weighted by Gasteiger charge is -2.31. The molecule has 3 aromatic rings. The van der Waals surface area contributed by atoms with Crippen LogP contribution in [0.5, 0.6) is 0 Å². The van der Waals surface area contributed by atoms with Crippen molar-refractivity contribution in [3.63, 3.8) is 0 Å². The number of unbranched alkanes of at least 4 members (excludes halogenated alkanes) is 2. The SMILES string of the molecule is CC(=O)Nc1ccc2c(c1)CC[C@@]21OC(=O)N(CC(=O)N(Cc2ccc(F)cc2)[C@@H](C)CNC(=O)CCc2ccc(NC(=O)CCCCCC3CCCC3)cc2)C1=O. The van der Waals surface area contributed by atoms with Crippen LogP contribution in [-0.2, 0) is 53.7 Å². The number of fused-ring (bicyclic) bond motifs is 2. The topological polar surface area (TPSA) is 154 Å². The highest BCUT2D eigenvalue weighted by molar-refractivity contribution is 6.06. The Kier molecular flexibility index (Phi) is 13.9. The maximum Gasteiger partial charge on any atom is 0.418 e. The molecule has 1 aliphatic heterocycles. The number of halogens is 1. The normalized spacial score (nSPS) is 17.9. The summed E-state index contributed by atoms with van der Waals surface area (Å²) in [5.41, 5.74) is 2.53. The van der Waals surface area contributed by atoms with Crippen molar-refractivity contribution >= 4 is 47.0 Å². The van der Waals surface area contributed by atoms with Crippen LogP contribution in [0.1, 0.15) is 107 Å². The van der Waals surface area contributed by atoms with Gasteiger partial charge in [-0.3, -0.25) is 24.0 Å². The Morgan fingerprint density at radius 1 is 0.879 bits per heavy atom. The second kappa shape index (κ2) is 19.2. The summed E-state index contributed by atoms with van der Waals surface area (Å²) in [6, 6.07) is 17.6. The predicted octanol–water partition coefficient (Wildman–Crippen LogP) is 7.15. The van der Waals surface area contributed by atoms with Crippen molar-refractivity contribution in [1.82, 2.24) is 15.1 Å². The van der Waals surface area contributed by atoms with Crippen molar-refractivity contribution in [2.45, 2.75) is 116 Å². The molecule has 1 saturated carbocycles. The molecular formula is C45H54FN5O7. The molecule has 58 heavy (non-hydrogen) atoms. The number of nitrogens with zero attached hydrogens (tertiary/aromatic N) is 2. The van der Waals surface area contributed by atoms with Gasteiger partial charge in [-0.15, -0.1) is 0 Å². The monoisotopic (exact) mass is 795 g/mol. The zero-order valence-electron chi connectivity index (χ0n) is 33.4. The van der Waals surface area contributed by atoms with Gasteiger partial charge in [0.2, 0.25) is 29.2 Å². The Balaban J connectivity index is 0.995. The van der Waals surface area contributed by atoms with Crippen LogP contribution >= 0.6 is 0 Å². The van der Waals surface area contributed by atoms with Crippen LogP contribution < -0.4 is 16.0 Å². The van der Waals surface area contributed by atoms with Gasteiger partial charge in [0.05, 0.1) is 0 Å². The average molecular weight is 796 g/mol. The number of imide groups is 1. The Labute approximate surface area is 339 Å². The molecule has 3 aliphatic rings. The standard InChI is InChI=1S/C45H54FN5O7/c1-30(27-47-40(53)23-16-33-14-19-37(20-15-33)49-41(54)11-5-3-4-8-32-9-6-7-10-32)50(28-34-12-17-36(46)18-13-34)42(55)29-51-43(56)45(58-44(51)57)25-24-35-26-38(48-31(2)52)21-22-39(35)45/h12-15,17-22,26,30,32H,3-11,16,23-25,27-29H2,1-2H3,(H,47,53)(H,48,52)(H,49,54)/t30-,45+/m0/s1. The minimum absolute atomic E-state index is 0.00350. The molecule has 0 bridgehead atoms.